The Morgan fingerprint density at radius 3 is 2.56 bits per heavy atom. The molecule has 25 heavy (non-hydrogen) atoms. The molecule has 4 nitrogen and oxygen atoms in total. The molecule has 0 saturated heterocycles. The second-order valence-corrected chi connectivity index (χ2v) is 6.68. The number of hydrogen-bond donors (Lipinski definition) is 0. The van der Waals surface area contributed by atoms with Gasteiger partial charge < -0.3 is 18.8 Å². The zero-order valence-electron chi connectivity index (χ0n) is 15.7. The van der Waals surface area contributed by atoms with Gasteiger partial charge in [-0.05, 0) is 50.5 Å². The predicted octanol–water partition coefficient (Wildman–Crippen LogP) is 4.89. The number of furan rings is 1. The Balaban J connectivity index is 1.90. The number of nitrogens with zero attached hydrogens (tertiary/aromatic N) is 1. The van der Waals surface area contributed by atoms with Crippen molar-refractivity contribution in [2.45, 2.75) is 45.3 Å². The van der Waals surface area contributed by atoms with Crippen LogP contribution < -0.4 is 4.90 Å². The number of ether oxygens (including phenoxy) is 2. The van der Waals surface area contributed by atoms with E-state index in [1.165, 1.54) is 11.3 Å². The first-order valence-corrected chi connectivity index (χ1v) is 9.27. The van der Waals surface area contributed by atoms with E-state index in [1.54, 1.807) is 0 Å². The number of rotatable bonds is 7. The third-order valence-electron chi connectivity index (χ3n) is 4.75. The highest BCUT2D eigenvalue weighted by Crippen LogP contribution is 2.38. The van der Waals surface area contributed by atoms with Gasteiger partial charge in [0.2, 0.25) is 0 Å². The van der Waals surface area contributed by atoms with Gasteiger partial charge in [-0.25, -0.2) is 0 Å². The molecular weight excluding hydrogens is 314 g/mol. The van der Waals surface area contributed by atoms with Crippen LogP contribution in [0.2, 0.25) is 0 Å². The third-order valence-corrected chi connectivity index (χ3v) is 4.75. The molecule has 1 aliphatic carbocycles. The summed E-state index contributed by atoms with van der Waals surface area (Å²) in [6.45, 7) is 5.43. The molecule has 136 valence electrons. The molecule has 0 fully saturated rings. The first-order chi connectivity index (χ1) is 12.1. The second-order valence-electron chi connectivity index (χ2n) is 6.68. The van der Waals surface area contributed by atoms with Gasteiger partial charge in [-0.3, -0.25) is 0 Å². The second kappa shape index (κ2) is 8.07. The molecular formula is C21H29NO3. The van der Waals surface area contributed by atoms with Crippen LogP contribution >= 0.6 is 0 Å². The molecule has 0 spiro atoms. The summed E-state index contributed by atoms with van der Waals surface area (Å²) in [7, 11) is 4.09. The van der Waals surface area contributed by atoms with Gasteiger partial charge in [0.05, 0.1) is 6.10 Å². The fourth-order valence-electron chi connectivity index (χ4n) is 3.50. The third kappa shape index (κ3) is 3.91. The van der Waals surface area contributed by atoms with Crippen LogP contribution in [0, 0.1) is 0 Å². The van der Waals surface area contributed by atoms with E-state index in [-0.39, 0.29) is 12.2 Å². The average molecular weight is 343 g/mol. The van der Waals surface area contributed by atoms with Crippen molar-refractivity contribution in [2.24, 2.45) is 0 Å². The SMILES string of the molecule is CCOC1CCCc2oc(C(OCC)c3ccc(N(C)C)cc3)cc21. The predicted molar refractivity (Wildman–Crippen MR) is 100 cm³/mol. The number of anilines is 1. The Kier molecular flexibility index (Phi) is 5.82. The van der Waals surface area contributed by atoms with E-state index >= 15 is 0 Å². The smallest absolute Gasteiger partial charge is 0.140 e. The van der Waals surface area contributed by atoms with Crippen LogP contribution in [-0.4, -0.2) is 27.3 Å². The van der Waals surface area contributed by atoms with Gasteiger partial charge in [0.15, 0.2) is 0 Å². The molecule has 0 aliphatic heterocycles. The molecule has 2 unspecified atom stereocenters. The molecule has 4 heteroatoms. The number of hydrogen-bond acceptors (Lipinski definition) is 4. The minimum absolute atomic E-state index is 0.157. The Labute approximate surface area is 150 Å². The summed E-state index contributed by atoms with van der Waals surface area (Å²) >= 11 is 0. The van der Waals surface area contributed by atoms with Gasteiger partial charge in [0, 0.05) is 45.0 Å². The first kappa shape index (κ1) is 18.0. The Bertz CT molecular complexity index is 675. The molecule has 1 aliphatic rings. The molecule has 1 aromatic carbocycles. The van der Waals surface area contributed by atoms with E-state index in [4.69, 9.17) is 13.9 Å². The highest BCUT2D eigenvalue weighted by atomic mass is 16.5. The van der Waals surface area contributed by atoms with Gasteiger partial charge >= 0.3 is 0 Å². The van der Waals surface area contributed by atoms with Crippen molar-refractivity contribution in [2.75, 3.05) is 32.2 Å². The Morgan fingerprint density at radius 1 is 1.16 bits per heavy atom. The lowest BCUT2D eigenvalue weighted by Gasteiger charge is -2.20. The van der Waals surface area contributed by atoms with E-state index in [0.29, 0.717) is 6.61 Å². The lowest BCUT2D eigenvalue weighted by Crippen LogP contribution is -2.10. The van der Waals surface area contributed by atoms with E-state index < -0.39 is 0 Å². The van der Waals surface area contributed by atoms with Gasteiger partial charge in [0.1, 0.15) is 17.6 Å². The first-order valence-electron chi connectivity index (χ1n) is 9.27. The van der Waals surface area contributed by atoms with Crippen LogP contribution in [0.1, 0.15) is 61.5 Å². The highest BCUT2D eigenvalue weighted by molar-refractivity contribution is 5.47. The van der Waals surface area contributed by atoms with Crippen molar-refractivity contribution >= 4 is 5.69 Å². The summed E-state index contributed by atoms with van der Waals surface area (Å²) in [4.78, 5) is 2.09. The maximum atomic E-state index is 6.21. The molecule has 0 radical (unpaired) electrons. The number of fused-ring (bicyclic) bond motifs is 1. The summed E-state index contributed by atoms with van der Waals surface area (Å²) in [5.41, 5.74) is 3.50. The molecule has 2 atom stereocenters. The van der Waals surface area contributed by atoms with Crippen LogP contribution in [-0.2, 0) is 15.9 Å². The van der Waals surface area contributed by atoms with E-state index in [0.717, 1.165) is 43.0 Å². The topological polar surface area (TPSA) is 34.8 Å². The zero-order chi connectivity index (χ0) is 17.8. The molecule has 0 bridgehead atoms. The van der Waals surface area contributed by atoms with Crippen molar-refractivity contribution < 1.29 is 13.9 Å². The van der Waals surface area contributed by atoms with Gasteiger partial charge in [-0.2, -0.15) is 0 Å². The van der Waals surface area contributed by atoms with E-state index in [1.807, 2.05) is 27.9 Å². The van der Waals surface area contributed by atoms with Crippen LogP contribution in [0.4, 0.5) is 5.69 Å². The standard InChI is InChI=1S/C21H29NO3/c1-5-23-18-8-7-9-19-17(18)14-20(25-19)21(24-6-2)15-10-12-16(13-11-15)22(3)4/h10-14,18,21H,5-9H2,1-4H3. The number of benzene rings is 1. The van der Waals surface area contributed by atoms with E-state index in [9.17, 15) is 0 Å². The van der Waals surface area contributed by atoms with Gasteiger partial charge in [-0.15, -0.1) is 0 Å². The molecule has 2 aromatic rings. The average Bonchev–Trinajstić information content (AvgIpc) is 3.05. The van der Waals surface area contributed by atoms with E-state index in [2.05, 4.69) is 35.2 Å². The largest absolute Gasteiger partial charge is 0.463 e. The van der Waals surface area contributed by atoms with Crippen LogP contribution in [0.5, 0.6) is 0 Å². The normalized spacial score (nSPS) is 18.0. The monoisotopic (exact) mass is 343 g/mol. The minimum Gasteiger partial charge on any atom is -0.463 e. The van der Waals surface area contributed by atoms with Crippen LogP contribution in [0.15, 0.2) is 34.7 Å². The molecule has 3 rings (SSSR count). The lowest BCUT2D eigenvalue weighted by molar-refractivity contribution is 0.0479. The summed E-state index contributed by atoms with van der Waals surface area (Å²) in [6.07, 6.45) is 3.15. The summed E-state index contributed by atoms with van der Waals surface area (Å²) in [5, 5.41) is 0. The molecule has 1 aromatic heterocycles. The maximum Gasteiger partial charge on any atom is 0.140 e. The fourth-order valence-corrected chi connectivity index (χ4v) is 3.50. The maximum absolute atomic E-state index is 6.21. The fraction of sp³-hybridized carbons (Fsp3) is 0.524. The van der Waals surface area contributed by atoms with Crippen molar-refractivity contribution in [1.82, 2.24) is 0 Å². The summed E-state index contributed by atoms with van der Waals surface area (Å²) < 4.78 is 18.2. The van der Waals surface area contributed by atoms with Gasteiger partial charge in [0.25, 0.3) is 0 Å². The van der Waals surface area contributed by atoms with Crippen molar-refractivity contribution in [3.63, 3.8) is 0 Å². The van der Waals surface area contributed by atoms with Crippen molar-refractivity contribution in [1.29, 1.82) is 0 Å². The highest BCUT2D eigenvalue weighted by Gasteiger charge is 2.28. The van der Waals surface area contributed by atoms with Crippen molar-refractivity contribution in [3.05, 3.63) is 53.0 Å². The van der Waals surface area contributed by atoms with Gasteiger partial charge in [-0.1, -0.05) is 12.1 Å². The lowest BCUT2D eigenvalue weighted by atomic mass is 9.95. The summed E-state index contributed by atoms with van der Waals surface area (Å²) in [6, 6.07) is 10.6. The number of aryl methyl sites for hydroxylation is 1. The Morgan fingerprint density at radius 2 is 1.92 bits per heavy atom. The zero-order valence-corrected chi connectivity index (χ0v) is 15.7. The van der Waals surface area contributed by atoms with Crippen molar-refractivity contribution in [3.8, 4) is 0 Å². The molecule has 0 N–H and O–H groups in total. The molecule has 0 amide bonds. The molecule has 0 saturated carbocycles. The quantitative estimate of drug-likeness (QED) is 0.717. The minimum atomic E-state index is -0.172. The summed E-state index contributed by atoms with van der Waals surface area (Å²) in [5.74, 6) is 1.95. The Hall–Kier alpha value is -1.78. The van der Waals surface area contributed by atoms with Crippen LogP contribution in [0.25, 0.3) is 0 Å². The van der Waals surface area contributed by atoms with Crippen LogP contribution in [0.3, 0.4) is 0 Å². The molecule has 1 heterocycles.